The van der Waals surface area contributed by atoms with Crippen LogP contribution in [0.1, 0.15) is 38.2 Å². The van der Waals surface area contributed by atoms with Crippen LogP contribution in [-0.4, -0.2) is 65.1 Å². The van der Waals surface area contributed by atoms with Crippen molar-refractivity contribution in [2.45, 2.75) is 56.1 Å². The highest BCUT2D eigenvalue weighted by molar-refractivity contribution is 7.92. The molecule has 13 heteroatoms. The van der Waals surface area contributed by atoms with Gasteiger partial charge in [0.2, 0.25) is 11.8 Å². The molecule has 45 heavy (non-hydrogen) atoms. The number of nitrogens with zero attached hydrogens (tertiary/aromatic N) is 2. The highest BCUT2D eigenvalue weighted by Crippen LogP contribution is 2.37. The number of benzene rings is 3. The Labute approximate surface area is 268 Å². The predicted molar refractivity (Wildman–Crippen MR) is 169 cm³/mol. The van der Waals surface area contributed by atoms with Gasteiger partial charge in [-0.05, 0) is 67.8 Å². The zero-order valence-electron chi connectivity index (χ0n) is 25.6. The third kappa shape index (κ3) is 7.98. The van der Waals surface area contributed by atoms with Crippen LogP contribution < -0.4 is 23.8 Å². The molecule has 1 fully saturated rings. The molecule has 242 valence electrons. The van der Waals surface area contributed by atoms with Gasteiger partial charge in [-0.1, -0.05) is 36.6 Å². The lowest BCUT2D eigenvalue weighted by atomic mass is 10.1. The number of anilines is 1. The van der Waals surface area contributed by atoms with Crippen molar-refractivity contribution in [2.75, 3.05) is 32.2 Å². The summed E-state index contributed by atoms with van der Waals surface area (Å²) in [5.74, 6) is -0.881. The molecule has 3 aromatic carbocycles. The molecule has 1 atom stereocenters. The van der Waals surface area contributed by atoms with Crippen LogP contribution in [0, 0.1) is 5.82 Å². The molecule has 10 nitrogen and oxygen atoms in total. The van der Waals surface area contributed by atoms with Crippen molar-refractivity contribution in [3.8, 4) is 17.2 Å². The minimum atomic E-state index is -4.47. The van der Waals surface area contributed by atoms with E-state index in [-0.39, 0.29) is 45.6 Å². The quantitative estimate of drug-likeness (QED) is 0.269. The minimum absolute atomic E-state index is 0.000346. The smallest absolute Gasteiger partial charge is 0.265 e. The van der Waals surface area contributed by atoms with Crippen LogP contribution in [0.4, 0.5) is 10.1 Å². The van der Waals surface area contributed by atoms with E-state index in [1.54, 1.807) is 6.92 Å². The molecule has 0 radical (unpaired) electrons. The maximum atomic E-state index is 14.3. The molecule has 0 aliphatic heterocycles. The second kappa shape index (κ2) is 14.8. The van der Waals surface area contributed by atoms with Crippen LogP contribution in [0.3, 0.4) is 0 Å². The van der Waals surface area contributed by atoms with Gasteiger partial charge in [0, 0.05) is 23.7 Å². The zero-order chi connectivity index (χ0) is 32.7. The first-order valence-electron chi connectivity index (χ1n) is 14.4. The summed E-state index contributed by atoms with van der Waals surface area (Å²) in [5.41, 5.74) is 0.567. The number of hydrogen-bond acceptors (Lipinski definition) is 7. The Morgan fingerprint density at radius 3 is 2.18 bits per heavy atom. The predicted octanol–water partition coefficient (Wildman–Crippen LogP) is 5.18. The molecular formula is C32H37ClFN3O7S. The first-order chi connectivity index (χ1) is 21.5. The van der Waals surface area contributed by atoms with Crippen LogP contribution in [0.25, 0.3) is 0 Å². The number of carbonyl (C=O) groups is 2. The molecule has 1 N–H and O–H groups in total. The summed E-state index contributed by atoms with van der Waals surface area (Å²) >= 11 is 6.30. The number of amides is 2. The molecule has 0 spiro atoms. The lowest BCUT2D eigenvalue weighted by Gasteiger charge is -2.33. The van der Waals surface area contributed by atoms with Gasteiger partial charge in [-0.25, -0.2) is 12.8 Å². The summed E-state index contributed by atoms with van der Waals surface area (Å²) < 4.78 is 59.3. The summed E-state index contributed by atoms with van der Waals surface area (Å²) in [6.45, 7) is 0.795. The second-order valence-electron chi connectivity index (χ2n) is 10.7. The van der Waals surface area contributed by atoms with E-state index >= 15 is 0 Å². The monoisotopic (exact) mass is 661 g/mol. The maximum absolute atomic E-state index is 14.3. The lowest BCUT2D eigenvalue weighted by molar-refractivity contribution is -0.139. The average molecular weight is 662 g/mol. The van der Waals surface area contributed by atoms with Crippen LogP contribution >= 0.6 is 11.6 Å². The van der Waals surface area contributed by atoms with Gasteiger partial charge in [0.15, 0.2) is 11.5 Å². The highest BCUT2D eigenvalue weighted by Gasteiger charge is 2.35. The largest absolute Gasteiger partial charge is 0.495 e. The molecule has 1 aliphatic carbocycles. The topological polar surface area (TPSA) is 114 Å². The van der Waals surface area contributed by atoms with Crippen molar-refractivity contribution in [1.82, 2.24) is 10.2 Å². The average Bonchev–Trinajstić information content (AvgIpc) is 3.55. The molecule has 3 aromatic rings. The van der Waals surface area contributed by atoms with Gasteiger partial charge in [-0.3, -0.25) is 13.9 Å². The number of sulfonamides is 1. The highest BCUT2D eigenvalue weighted by atomic mass is 35.5. The van der Waals surface area contributed by atoms with Crippen molar-refractivity contribution < 1.29 is 36.6 Å². The Bertz CT molecular complexity index is 1620. The number of hydrogen-bond donors (Lipinski definition) is 1. The van der Waals surface area contributed by atoms with Crippen LogP contribution in [0.2, 0.25) is 5.02 Å². The van der Waals surface area contributed by atoms with Crippen molar-refractivity contribution in [2.24, 2.45) is 0 Å². The Morgan fingerprint density at radius 2 is 1.56 bits per heavy atom. The Kier molecular flexibility index (Phi) is 11.2. The van der Waals surface area contributed by atoms with Crippen molar-refractivity contribution in [3.63, 3.8) is 0 Å². The fraction of sp³-hybridized carbons (Fsp3) is 0.375. The lowest BCUT2D eigenvalue weighted by Crippen LogP contribution is -2.52. The second-order valence-corrected chi connectivity index (χ2v) is 13.0. The van der Waals surface area contributed by atoms with Gasteiger partial charge in [-0.2, -0.15) is 0 Å². The fourth-order valence-corrected chi connectivity index (χ4v) is 6.84. The van der Waals surface area contributed by atoms with E-state index in [1.807, 2.05) is 0 Å². The molecule has 0 unspecified atom stereocenters. The summed E-state index contributed by atoms with van der Waals surface area (Å²) in [4.78, 5) is 28.7. The SMILES string of the molecule is COc1ccc(S(=O)(=O)N(CC(=O)N(Cc2ccc(F)cc2)[C@@H](C)C(=O)NC2CCCC2)c2cc(Cl)ccc2OC)cc1OC. The first-order valence-corrected chi connectivity index (χ1v) is 16.2. The number of ether oxygens (including phenoxy) is 3. The van der Waals surface area contributed by atoms with Crippen LogP contribution in [0.15, 0.2) is 65.6 Å². The van der Waals surface area contributed by atoms with Crippen molar-refractivity contribution in [1.29, 1.82) is 0 Å². The molecular weight excluding hydrogens is 625 g/mol. The molecule has 4 rings (SSSR count). The normalized spacial score (nSPS) is 14.0. The fourth-order valence-electron chi connectivity index (χ4n) is 5.24. The third-order valence-electron chi connectivity index (χ3n) is 7.77. The number of carbonyl (C=O) groups excluding carboxylic acids is 2. The third-order valence-corrected chi connectivity index (χ3v) is 9.76. The van der Waals surface area contributed by atoms with Crippen LogP contribution in [0.5, 0.6) is 17.2 Å². The van der Waals surface area contributed by atoms with Crippen molar-refractivity contribution >= 4 is 39.1 Å². The van der Waals surface area contributed by atoms with E-state index in [0.717, 1.165) is 30.0 Å². The number of nitrogens with one attached hydrogen (secondary N) is 1. The van der Waals surface area contributed by atoms with Crippen molar-refractivity contribution in [3.05, 3.63) is 77.1 Å². The van der Waals surface area contributed by atoms with Gasteiger partial charge in [0.1, 0.15) is 24.2 Å². The number of halogens is 2. The molecule has 1 aliphatic rings. The first kappa shape index (κ1) is 33.9. The number of methoxy groups -OCH3 is 3. The molecule has 0 aromatic heterocycles. The summed E-state index contributed by atoms with van der Waals surface area (Å²) in [5, 5.41) is 3.22. The molecule has 1 saturated carbocycles. The molecule has 0 saturated heterocycles. The number of rotatable bonds is 13. The standard InChI is InChI=1S/C32H37ClFN3O7S/c1-21(32(39)35-25-7-5-6-8-25)36(19-22-9-12-24(34)13-10-22)31(38)20-37(27-17-23(33)11-15-28(27)42-2)45(40,41)26-14-16-29(43-3)30(18-26)44-4/h9-18,21,25H,5-8,19-20H2,1-4H3,(H,35,39)/t21-/m0/s1. The molecule has 0 bridgehead atoms. The minimum Gasteiger partial charge on any atom is -0.495 e. The van der Waals surface area contributed by atoms with E-state index in [4.69, 9.17) is 25.8 Å². The van der Waals surface area contributed by atoms with E-state index in [2.05, 4.69) is 5.32 Å². The van der Waals surface area contributed by atoms with Gasteiger partial charge >= 0.3 is 0 Å². The Balaban J connectivity index is 1.77. The summed E-state index contributed by atoms with van der Waals surface area (Å²) in [6.07, 6.45) is 3.69. The summed E-state index contributed by atoms with van der Waals surface area (Å²) in [7, 11) is -0.304. The van der Waals surface area contributed by atoms with E-state index in [1.165, 1.54) is 86.9 Å². The van der Waals surface area contributed by atoms with Gasteiger partial charge in [0.05, 0.1) is 31.9 Å². The van der Waals surface area contributed by atoms with Gasteiger partial charge in [-0.15, -0.1) is 0 Å². The Hall–Kier alpha value is -4.03. The molecule has 2 amide bonds. The van der Waals surface area contributed by atoms with Gasteiger partial charge < -0.3 is 24.4 Å². The summed E-state index contributed by atoms with van der Waals surface area (Å²) in [6, 6.07) is 13.0. The van der Waals surface area contributed by atoms with Crippen LogP contribution in [-0.2, 0) is 26.2 Å². The molecule has 0 heterocycles. The van der Waals surface area contributed by atoms with E-state index < -0.39 is 34.3 Å². The van der Waals surface area contributed by atoms with E-state index in [9.17, 15) is 22.4 Å². The zero-order valence-corrected chi connectivity index (χ0v) is 27.2. The van der Waals surface area contributed by atoms with Gasteiger partial charge in [0.25, 0.3) is 10.0 Å². The van der Waals surface area contributed by atoms with E-state index in [0.29, 0.717) is 11.3 Å². The Morgan fingerprint density at radius 1 is 0.933 bits per heavy atom. The maximum Gasteiger partial charge on any atom is 0.265 e.